The topological polar surface area (TPSA) is 26.3 Å². The third kappa shape index (κ3) is 4.75. The molecule has 0 heterocycles. The van der Waals surface area contributed by atoms with Gasteiger partial charge in [-0.15, -0.1) is 0 Å². The van der Waals surface area contributed by atoms with Gasteiger partial charge in [0.2, 0.25) is 0 Å². The first-order chi connectivity index (χ1) is 14.5. The summed E-state index contributed by atoms with van der Waals surface area (Å²) >= 11 is 0. The van der Waals surface area contributed by atoms with Crippen LogP contribution in [-0.2, 0) is 16.1 Å². The molecule has 4 rings (SSSR count). The van der Waals surface area contributed by atoms with E-state index in [0.717, 1.165) is 44.1 Å². The summed E-state index contributed by atoms with van der Waals surface area (Å²) in [5.74, 6) is 0.953. The Morgan fingerprint density at radius 2 is 1.60 bits per heavy atom. The van der Waals surface area contributed by atoms with Gasteiger partial charge < -0.3 is 4.74 Å². The normalized spacial score (nSPS) is 25.8. The predicted molar refractivity (Wildman–Crippen MR) is 123 cm³/mol. The molecule has 0 saturated heterocycles. The Morgan fingerprint density at radius 1 is 0.933 bits per heavy atom. The second-order valence-electron chi connectivity index (χ2n) is 9.29. The Bertz CT molecular complexity index is 894. The lowest BCUT2D eigenvalue weighted by atomic mass is 9.85. The van der Waals surface area contributed by atoms with Crippen LogP contribution < -0.4 is 0 Å². The van der Waals surface area contributed by atoms with Gasteiger partial charge in [-0.05, 0) is 93.0 Å². The van der Waals surface area contributed by atoms with Crippen molar-refractivity contribution in [1.82, 2.24) is 0 Å². The quantitative estimate of drug-likeness (QED) is 0.516. The summed E-state index contributed by atoms with van der Waals surface area (Å²) in [6.45, 7) is 7.14. The Balaban J connectivity index is 1.33. The van der Waals surface area contributed by atoms with Gasteiger partial charge >= 0.3 is 0 Å². The van der Waals surface area contributed by atoms with Crippen molar-refractivity contribution in [2.75, 3.05) is 0 Å². The van der Waals surface area contributed by atoms with Crippen molar-refractivity contribution in [1.29, 1.82) is 0 Å². The molecule has 2 aliphatic rings. The zero-order chi connectivity index (χ0) is 21.1. The van der Waals surface area contributed by atoms with Gasteiger partial charge in [-0.2, -0.15) is 0 Å². The number of hydrogen-bond donors (Lipinski definition) is 0. The lowest BCUT2D eigenvalue weighted by molar-refractivity contribution is -0.115. The second-order valence-corrected chi connectivity index (χ2v) is 9.29. The van der Waals surface area contributed by atoms with Crippen LogP contribution >= 0.6 is 0 Å². The van der Waals surface area contributed by atoms with E-state index in [4.69, 9.17) is 4.74 Å². The number of benzene rings is 2. The molecule has 2 saturated carbocycles. The van der Waals surface area contributed by atoms with E-state index in [0.29, 0.717) is 24.4 Å². The lowest BCUT2D eigenvalue weighted by Gasteiger charge is -2.27. The van der Waals surface area contributed by atoms with E-state index in [9.17, 15) is 4.79 Å². The minimum Gasteiger partial charge on any atom is -0.374 e. The number of carbonyl (C=O) groups is 1. The van der Waals surface area contributed by atoms with Gasteiger partial charge in [-0.3, -0.25) is 4.79 Å². The maximum atomic E-state index is 13.2. The van der Waals surface area contributed by atoms with Crippen LogP contribution in [0.5, 0.6) is 0 Å². The van der Waals surface area contributed by atoms with Crippen molar-refractivity contribution in [2.24, 2.45) is 5.92 Å². The third-order valence-corrected chi connectivity index (χ3v) is 6.91. The van der Waals surface area contributed by atoms with Crippen molar-refractivity contribution in [3.8, 4) is 0 Å². The molecule has 1 unspecified atom stereocenters. The van der Waals surface area contributed by atoms with Gasteiger partial charge in [0.25, 0.3) is 0 Å². The fraction of sp³-hybridized carbons (Fsp3) is 0.464. The number of rotatable bonds is 5. The average Bonchev–Trinajstić information content (AvgIpc) is 3.08. The standard InChI is InChI=1S/C28H34O2/c1-19-15-20(2)27(21(3)16-19)26-14-11-24(28(26)29)17-22-9-12-25(13-10-22)30-18-23-7-5-4-6-8-23/h4-8,15-17,22,25-26H,9-14,18H2,1-3H3. The van der Waals surface area contributed by atoms with Crippen molar-refractivity contribution in [2.45, 2.75) is 77.9 Å². The summed E-state index contributed by atoms with van der Waals surface area (Å²) in [5.41, 5.74) is 7.40. The van der Waals surface area contributed by atoms with Crippen LogP contribution in [0.15, 0.2) is 54.1 Å². The molecular weight excluding hydrogens is 368 g/mol. The van der Waals surface area contributed by atoms with E-state index in [1.165, 1.54) is 27.8 Å². The summed E-state index contributed by atoms with van der Waals surface area (Å²) < 4.78 is 6.13. The molecule has 0 bridgehead atoms. The van der Waals surface area contributed by atoms with Crippen LogP contribution in [0.2, 0.25) is 0 Å². The van der Waals surface area contributed by atoms with Crippen molar-refractivity contribution in [3.63, 3.8) is 0 Å². The molecule has 158 valence electrons. The van der Waals surface area contributed by atoms with Gasteiger partial charge in [0.1, 0.15) is 0 Å². The number of hydrogen-bond acceptors (Lipinski definition) is 2. The van der Waals surface area contributed by atoms with Gasteiger partial charge in [0.15, 0.2) is 5.78 Å². The molecule has 2 aromatic carbocycles. The highest BCUT2D eigenvalue weighted by Gasteiger charge is 2.33. The molecule has 0 aliphatic heterocycles. The SMILES string of the molecule is Cc1cc(C)c(C2CCC(=CC3CCC(OCc4ccccc4)CC3)C2=O)c(C)c1. The van der Waals surface area contributed by atoms with E-state index < -0.39 is 0 Å². The summed E-state index contributed by atoms with van der Waals surface area (Å²) in [6, 6.07) is 14.8. The first-order valence-corrected chi connectivity index (χ1v) is 11.5. The smallest absolute Gasteiger partial charge is 0.166 e. The maximum absolute atomic E-state index is 13.2. The first kappa shape index (κ1) is 21.1. The summed E-state index contributed by atoms with van der Waals surface area (Å²) in [5, 5.41) is 0. The molecule has 2 nitrogen and oxygen atoms in total. The zero-order valence-corrected chi connectivity index (χ0v) is 18.6. The minimum absolute atomic E-state index is 0.0578. The molecular formula is C28H34O2. The third-order valence-electron chi connectivity index (χ3n) is 6.91. The Morgan fingerprint density at radius 3 is 2.27 bits per heavy atom. The number of aryl methyl sites for hydroxylation is 3. The van der Waals surface area contributed by atoms with E-state index in [-0.39, 0.29) is 5.92 Å². The molecule has 0 amide bonds. The fourth-order valence-electron chi connectivity index (χ4n) is 5.45. The molecule has 1 atom stereocenters. The van der Waals surface area contributed by atoms with Crippen LogP contribution in [0.1, 0.15) is 72.3 Å². The molecule has 2 aliphatic carbocycles. The molecule has 30 heavy (non-hydrogen) atoms. The molecule has 0 spiro atoms. The zero-order valence-electron chi connectivity index (χ0n) is 18.6. The van der Waals surface area contributed by atoms with Crippen molar-refractivity contribution < 1.29 is 9.53 Å². The molecule has 0 N–H and O–H groups in total. The summed E-state index contributed by atoms with van der Waals surface area (Å²) in [7, 11) is 0. The first-order valence-electron chi connectivity index (χ1n) is 11.5. The van der Waals surface area contributed by atoms with Crippen LogP contribution in [0, 0.1) is 26.7 Å². The van der Waals surface area contributed by atoms with Crippen LogP contribution in [0.4, 0.5) is 0 Å². The summed E-state index contributed by atoms with van der Waals surface area (Å²) in [4.78, 5) is 13.2. The highest BCUT2D eigenvalue weighted by Crippen LogP contribution is 2.40. The van der Waals surface area contributed by atoms with E-state index >= 15 is 0 Å². The van der Waals surface area contributed by atoms with E-state index in [1.807, 2.05) is 6.07 Å². The largest absolute Gasteiger partial charge is 0.374 e. The maximum Gasteiger partial charge on any atom is 0.166 e. The Kier molecular flexibility index (Phi) is 6.53. The van der Waals surface area contributed by atoms with E-state index in [1.54, 1.807) is 0 Å². The monoisotopic (exact) mass is 402 g/mol. The highest BCUT2D eigenvalue weighted by molar-refractivity contribution is 6.03. The minimum atomic E-state index is 0.0578. The van der Waals surface area contributed by atoms with Crippen LogP contribution in [0.3, 0.4) is 0 Å². The number of allylic oxidation sites excluding steroid dienone is 2. The van der Waals surface area contributed by atoms with Crippen molar-refractivity contribution >= 4 is 5.78 Å². The molecule has 2 fully saturated rings. The molecule has 0 aromatic heterocycles. The Hall–Kier alpha value is -2.19. The number of carbonyl (C=O) groups excluding carboxylic acids is 1. The molecule has 2 heteroatoms. The van der Waals surface area contributed by atoms with Crippen LogP contribution in [-0.4, -0.2) is 11.9 Å². The predicted octanol–water partition coefficient (Wildman–Crippen LogP) is 6.76. The number of Topliss-reactive ketones (excluding diaryl/α,β-unsaturated/α-hetero) is 1. The average molecular weight is 403 g/mol. The second kappa shape index (κ2) is 9.31. The Labute approximate surface area is 181 Å². The van der Waals surface area contributed by atoms with Crippen LogP contribution in [0.25, 0.3) is 0 Å². The van der Waals surface area contributed by atoms with Gasteiger partial charge in [-0.25, -0.2) is 0 Å². The highest BCUT2D eigenvalue weighted by atomic mass is 16.5. The molecule has 0 radical (unpaired) electrons. The fourth-order valence-corrected chi connectivity index (χ4v) is 5.45. The van der Waals surface area contributed by atoms with Crippen molar-refractivity contribution in [3.05, 3.63) is 81.9 Å². The van der Waals surface area contributed by atoms with Gasteiger partial charge in [0, 0.05) is 5.92 Å². The lowest BCUT2D eigenvalue weighted by Crippen LogP contribution is -2.21. The van der Waals surface area contributed by atoms with Gasteiger partial charge in [-0.1, -0.05) is 54.1 Å². The molecule has 2 aromatic rings. The summed E-state index contributed by atoms with van der Waals surface area (Å²) in [6.07, 6.45) is 9.00. The number of ether oxygens (including phenoxy) is 1. The number of ketones is 1. The van der Waals surface area contributed by atoms with E-state index in [2.05, 4.69) is 63.2 Å². The van der Waals surface area contributed by atoms with Gasteiger partial charge in [0.05, 0.1) is 12.7 Å².